The van der Waals surface area contributed by atoms with Gasteiger partial charge in [0, 0.05) is 24.7 Å². The second-order valence-corrected chi connectivity index (χ2v) is 14.3. The summed E-state index contributed by atoms with van der Waals surface area (Å²) in [5.41, 5.74) is -1.21. The molecule has 0 spiro atoms. The van der Waals surface area contributed by atoms with Crippen LogP contribution in [0.2, 0.25) is 0 Å². The van der Waals surface area contributed by atoms with Gasteiger partial charge in [0.25, 0.3) is 0 Å². The zero-order chi connectivity index (χ0) is 35.0. The summed E-state index contributed by atoms with van der Waals surface area (Å²) in [4.78, 5) is 63.2. The number of rotatable bonds is 11. The van der Waals surface area contributed by atoms with Gasteiger partial charge in [0.1, 0.15) is 11.6 Å². The van der Waals surface area contributed by atoms with E-state index in [1.54, 1.807) is 0 Å². The van der Waals surface area contributed by atoms with Crippen molar-refractivity contribution in [2.75, 3.05) is 18.9 Å². The van der Waals surface area contributed by atoms with E-state index in [2.05, 4.69) is 12.2 Å². The maximum absolute atomic E-state index is 13.5. The first kappa shape index (κ1) is 35.5. The number of nitrogens with zero attached hydrogens (tertiary/aromatic N) is 1. The number of ether oxygens (including phenoxy) is 2. The Hall–Kier alpha value is -3.81. The maximum Gasteiger partial charge on any atom is 0.328 e. The van der Waals surface area contributed by atoms with Gasteiger partial charge in [0.05, 0.1) is 19.2 Å². The number of esters is 2. The number of hydrogen-bond donors (Lipinski definition) is 4. The summed E-state index contributed by atoms with van der Waals surface area (Å²) in [6.45, 7) is 3.65. The van der Waals surface area contributed by atoms with Crippen LogP contribution in [-0.2, 0) is 39.9 Å². The fraction of sp³-hybridized carbons (Fsp3) is 0.629. The van der Waals surface area contributed by atoms with Crippen molar-refractivity contribution in [3.8, 4) is 5.75 Å². The van der Waals surface area contributed by atoms with Gasteiger partial charge in [-0.05, 0) is 85.8 Å². The van der Waals surface area contributed by atoms with Gasteiger partial charge in [-0.15, -0.1) is 5.23 Å². The number of ketones is 2. The number of carbonyl (C=O) groups is 5. The Morgan fingerprint density at radius 3 is 2.48 bits per heavy atom. The summed E-state index contributed by atoms with van der Waals surface area (Å²) in [7, 11) is 1.13. The van der Waals surface area contributed by atoms with E-state index in [1.165, 1.54) is 11.6 Å². The molecule has 0 aliphatic heterocycles. The molecule has 0 saturated heterocycles. The van der Waals surface area contributed by atoms with Crippen LogP contribution in [0.1, 0.15) is 83.6 Å². The number of nitrogens with one attached hydrogen (secondary N) is 1. The summed E-state index contributed by atoms with van der Waals surface area (Å²) in [6, 6.07) is 2.38. The smallest absolute Gasteiger partial charge is 0.328 e. The van der Waals surface area contributed by atoms with E-state index >= 15 is 0 Å². The van der Waals surface area contributed by atoms with Crippen molar-refractivity contribution in [1.29, 1.82) is 0 Å². The number of allylic oxidation sites excluding steroid dienone is 1. The molecule has 0 radical (unpaired) electrons. The van der Waals surface area contributed by atoms with Crippen LogP contribution in [0.4, 0.5) is 5.69 Å². The largest absolute Gasteiger partial charge is 0.871 e. The highest BCUT2D eigenvalue weighted by molar-refractivity contribution is 5.92. The van der Waals surface area contributed by atoms with E-state index < -0.39 is 58.7 Å². The molecule has 13 nitrogen and oxygen atoms in total. The number of Topliss-reactive ketones (excluding diaryl/α,β-unsaturated/α-hetero) is 1. The molecule has 13 heteroatoms. The van der Waals surface area contributed by atoms with Crippen molar-refractivity contribution >= 4 is 35.1 Å². The fourth-order valence-corrected chi connectivity index (χ4v) is 9.27. The maximum atomic E-state index is 13.5. The number of fused-ring (bicyclic) bond motifs is 5. The van der Waals surface area contributed by atoms with Gasteiger partial charge in [-0.25, -0.2) is 4.79 Å². The summed E-state index contributed by atoms with van der Waals surface area (Å²) in [5, 5.41) is 44.2. The van der Waals surface area contributed by atoms with E-state index in [4.69, 9.17) is 9.47 Å². The standard InChI is InChI=1S/C35H46N2O11/c1-33-13-10-22(38)18-21(33)5-6-23-24(33)11-14-34(2)25(23)12-15-35(34,44)29(40)19-48-31(42)9-8-30(41)36-26(32(43)47-3)16-20-4-7-28(39)27(17-20)37(45)46/h4,7,17-18,23-26,39,44-46H,5-6,8-16,19H2,1-3H3,(H,36,41)/p-1/t23-,24+,25+,26-,33-,34+,35-/m0/s1. The van der Waals surface area contributed by atoms with Crippen molar-refractivity contribution in [2.45, 2.75) is 96.1 Å². The summed E-state index contributed by atoms with van der Waals surface area (Å²) in [5.74, 6) is -2.44. The summed E-state index contributed by atoms with van der Waals surface area (Å²) >= 11 is 0. The monoisotopic (exact) mass is 669 g/mol. The van der Waals surface area contributed by atoms with Gasteiger partial charge in [-0.3, -0.25) is 29.6 Å². The van der Waals surface area contributed by atoms with E-state index in [0.717, 1.165) is 44.9 Å². The molecule has 48 heavy (non-hydrogen) atoms. The normalized spacial score (nSPS) is 31.3. The lowest BCUT2D eigenvalue weighted by atomic mass is 9.46. The first-order valence-electron chi connectivity index (χ1n) is 16.6. The van der Waals surface area contributed by atoms with Crippen molar-refractivity contribution in [2.24, 2.45) is 28.6 Å². The Balaban J connectivity index is 1.14. The Bertz CT molecular complexity index is 1510. The number of anilines is 1. The molecule has 0 unspecified atom stereocenters. The second-order valence-electron chi connectivity index (χ2n) is 14.3. The molecule has 0 aromatic heterocycles. The molecule has 4 N–H and O–H groups in total. The number of aliphatic hydroxyl groups is 1. The number of benzene rings is 1. The van der Waals surface area contributed by atoms with Crippen molar-refractivity contribution in [3.05, 3.63) is 35.4 Å². The Labute approximate surface area is 279 Å². The molecule has 5 rings (SSSR count). The molecule has 1 amide bonds. The van der Waals surface area contributed by atoms with Gasteiger partial charge in [0.15, 0.2) is 12.4 Å². The predicted molar refractivity (Wildman–Crippen MR) is 166 cm³/mol. The molecule has 0 bridgehead atoms. The van der Waals surface area contributed by atoms with Crippen LogP contribution < -0.4 is 15.6 Å². The fourth-order valence-electron chi connectivity index (χ4n) is 9.27. The number of hydrogen-bond acceptors (Lipinski definition) is 12. The lowest BCUT2D eigenvalue weighted by Crippen LogP contribution is -2.58. The molecule has 3 fully saturated rings. The van der Waals surface area contributed by atoms with Crippen LogP contribution in [0.5, 0.6) is 5.75 Å². The van der Waals surface area contributed by atoms with Crippen LogP contribution in [-0.4, -0.2) is 70.3 Å². The molecule has 7 atom stereocenters. The molecule has 4 aliphatic rings. The Morgan fingerprint density at radius 2 is 1.77 bits per heavy atom. The molecule has 1 aromatic rings. The highest BCUT2D eigenvalue weighted by atomic mass is 16.8. The quantitative estimate of drug-likeness (QED) is 0.198. The highest BCUT2D eigenvalue weighted by Gasteiger charge is 2.66. The van der Waals surface area contributed by atoms with Gasteiger partial charge >= 0.3 is 11.9 Å². The van der Waals surface area contributed by atoms with Crippen LogP contribution in [0.15, 0.2) is 29.8 Å². The second kappa shape index (κ2) is 13.6. The first-order valence-corrected chi connectivity index (χ1v) is 16.6. The minimum Gasteiger partial charge on any atom is -0.871 e. The van der Waals surface area contributed by atoms with Crippen LogP contribution >= 0.6 is 0 Å². The Morgan fingerprint density at radius 1 is 1.04 bits per heavy atom. The number of amides is 1. The molecule has 0 heterocycles. The SMILES string of the molecule is COC(=O)[C@H](Cc1ccc([O-])c(N(O)O)c1)NC(=O)CCC(=O)OCC(=O)[C@@]1(O)CC[C@@H]2[C@H]3CCC4=CC(=O)CC[C@]4(C)[C@@H]3CC[C@]21C. The molecular formula is C35H45N2O11-. The topological polar surface area (TPSA) is 203 Å². The summed E-state index contributed by atoms with van der Waals surface area (Å²) < 4.78 is 9.99. The minimum atomic E-state index is -1.64. The third-order valence-electron chi connectivity index (χ3n) is 12.0. The molecule has 262 valence electrons. The van der Waals surface area contributed by atoms with Crippen molar-refractivity contribution in [3.63, 3.8) is 0 Å². The van der Waals surface area contributed by atoms with Gasteiger partial charge in [0.2, 0.25) is 11.7 Å². The van der Waals surface area contributed by atoms with Crippen LogP contribution in [0.25, 0.3) is 0 Å². The van der Waals surface area contributed by atoms with E-state index in [-0.39, 0.29) is 48.0 Å². The molecule has 1 aromatic carbocycles. The Kier molecular flexibility index (Phi) is 10.1. The minimum absolute atomic E-state index is 0.0316. The molecule has 4 aliphatic carbocycles. The summed E-state index contributed by atoms with van der Waals surface area (Å²) in [6.07, 6.45) is 6.64. The van der Waals surface area contributed by atoms with E-state index in [1.807, 2.05) is 13.0 Å². The van der Waals surface area contributed by atoms with Crippen molar-refractivity contribution < 1.29 is 54.1 Å². The van der Waals surface area contributed by atoms with Gasteiger partial charge in [-0.2, -0.15) is 0 Å². The van der Waals surface area contributed by atoms with Crippen molar-refractivity contribution in [1.82, 2.24) is 5.32 Å². The lowest BCUT2D eigenvalue weighted by molar-refractivity contribution is -0.268. The third kappa shape index (κ3) is 6.47. The zero-order valence-corrected chi connectivity index (χ0v) is 27.7. The predicted octanol–water partition coefficient (Wildman–Crippen LogP) is 2.70. The first-order chi connectivity index (χ1) is 22.6. The van der Waals surface area contributed by atoms with E-state index in [0.29, 0.717) is 36.7 Å². The van der Waals surface area contributed by atoms with Crippen LogP contribution in [0.3, 0.4) is 0 Å². The zero-order valence-electron chi connectivity index (χ0n) is 27.7. The van der Waals surface area contributed by atoms with Gasteiger partial charge < -0.3 is 25.0 Å². The molecular weight excluding hydrogens is 624 g/mol. The highest BCUT2D eigenvalue weighted by Crippen LogP contribution is 2.67. The number of methoxy groups -OCH3 is 1. The average Bonchev–Trinajstić information content (AvgIpc) is 3.34. The van der Waals surface area contributed by atoms with E-state index in [9.17, 15) is 44.6 Å². The van der Waals surface area contributed by atoms with Gasteiger partial charge in [-0.1, -0.05) is 37.3 Å². The lowest BCUT2D eigenvalue weighted by Gasteiger charge is -2.58. The average molecular weight is 670 g/mol. The van der Waals surface area contributed by atoms with Crippen LogP contribution in [0, 0.1) is 28.6 Å². The number of carbonyl (C=O) groups excluding carboxylic acids is 5. The third-order valence-corrected chi connectivity index (χ3v) is 12.0. The molecule has 3 saturated carbocycles.